The van der Waals surface area contributed by atoms with Gasteiger partial charge in [-0.15, -0.1) is 10.2 Å². The van der Waals surface area contributed by atoms with Gasteiger partial charge in [0.1, 0.15) is 21.2 Å². The number of rotatable bonds is 6. The van der Waals surface area contributed by atoms with Gasteiger partial charge in [0.15, 0.2) is 0 Å². The number of nitrogens with zero attached hydrogens (tertiary/aromatic N) is 3. The summed E-state index contributed by atoms with van der Waals surface area (Å²) < 4.78 is 22.6. The molecular weight excluding hydrogens is 354 g/mol. The number of hydrogen-bond acceptors (Lipinski definition) is 6. The maximum atomic E-state index is 11.3. The van der Waals surface area contributed by atoms with Crippen LogP contribution in [0.4, 0.5) is 0 Å². The zero-order chi connectivity index (χ0) is 17.7. The third-order valence-corrected chi connectivity index (χ3v) is 5.49. The van der Waals surface area contributed by atoms with Crippen molar-refractivity contribution in [3.8, 4) is 22.5 Å². The molecule has 0 saturated carbocycles. The summed E-state index contributed by atoms with van der Waals surface area (Å²) >= 11 is 1.30. The number of thioether (sulfide) groups is 1. The normalized spacial score (nSPS) is 11.4. The van der Waals surface area contributed by atoms with Crippen LogP contribution >= 0.6 is 11.8 Å². The molecule has 0 aliphatic carbocycles. The van der Waals surface area contributed by atoms with E-state index < -0.39 is 9.84 Å². The first-order valence-electron chi connectivity index (χ1n) is 7.69. The van der Waals surface area contributed by atoms with E-state index in [1.807, 2.05) is 60.7 Å². The summed E-state index contributed by atoms with van der Waals surface area (Å²) in [5.41, 5.74) is 3.33. The van der Waals surface area contributed by atoms with Crippen molar-refractivity contribution in [2.24, 2.45) is 0 Å². The van der Waals surface area contributed by atoms with Crippen molar-refractivity contribution in [2.75, 3.05) is 17.8 Å². The van der Waals surface area contributed by atoms with Crippen LogP contribution in [0, 0.1) is 0 Å². The van der Waals surface area contributed by atoms with E-state index in [0.717, 1.165) is 16.8 Å². The lowest BCUT2D eigenvalue weighted by Crippen LogP contribution is -2.06. The van der Waals surface area contributed by atoms with Gasteiger partial charge in [0.05, 0.1) is 5.75 Å². The Labute approximate surface area is 151 Å². The summed E-state index contributed by atoms with van der Waals surface area (Å²) in [6.45, 7) is 0. The summed E-state index contributed by atoms with van der Waals surface area (Å²) in [4.78, 5) is 4.63. The van der Waals surface area contributed by atoms with E-state index >= 15 is 0 Å². The fraction of sp³-hybridized carbons (Fsp3) is 0.167. The molecule has 3 rings (SSSR count). The highest BCUT2D eigenvalue weighted by atomic mass is 32.2. The highest BCUT2D eigenvalue weighted by molar-refractivity contribution is 8.00. The van der Waals surface area contributed by atoms with Crippen LogP contribution in [0.3, 0.4) is 0 Å². The molecular formula is C18H17N3O2S2. The molecule has 2 aromatic carbocycles. The van der Waals surface area contributed by atoms with Crippen molar-refractivity contribution in [1.29, 1.82) is 0 Å². The van der Waals surface area contributed by atoms with Crippen LogP contribution in [0.15, 0.2) is 65.8 Å². The zero-order valence-corrected chi connectivity index (χ0v) is 15.3. The van der Waals surface area contributed by atoms with Crippen LogP contribution < -0.4 is 0 Å². The average Bonchev–Trinajstić information content (AvgIpc) is 2.62. The number of hydrogen-bond donors (Lipinski definition) is 0. The van der Waals surface area contributed by atoms with Gasteiger partial charge in [-0.3, -0.25) is 0 Å². The molecule has 25 heavy (non-hydrogen) atoms. The Bertz CT molecular complexity index is 947. The predicted molar refractivity (Wildman–Crippen MR) is 101 cm³/mol. The van der Waals surface area contributed by atoms with Gasteiger partial charge >= 0.3 is 0 Å². The minimum absolute atomic E-state index is 0.0855. The molecule has 0 amide bonds. The van der Waals surface area contributed by atoms with Crippen molar-refractivity contribution < 1.29 is 8.42 Å². The van der Waals surface area contributed by atoms with E-state index in [4.69, 9.17) is 0 Å². The molecule has 0 bridgehead atoms. The summed E-state index contributed by atoms with van der Waals surface area (Å²) in [6, 6.07) is 19.6. The third kappa shape index (κ3) is 4.87. The highest BCUT2D eigenvalue weighted by Gasteiger charge is 2.14. The topological polar surface area (TPSA) is 72.8 Å². The van der Waals surface area contributed by atoms with E-state index in [1.165, 1.54) is 18.0 Å². The summed E-state index contributed by atoms with van der Waals surface area (Å²) in [5.74, 6) is 0.488. The predicted octanol–water partition coefficient (Wildman–Crippen LogP) is 3.34. The molecule has 0 N–H and O–H groups in total. The molecule has 5 nitrogen and oxygen atoms in total. The van der Waals surface area contributed by atoms with Gasteiger partial charge in [-0.2, -0.15) is 0 Å². The van der Waals surface area contributed by atoms with Crippen molar-refractivity contribution in [1.82, 2.24) is 15.2 Å². The van der Waals surface area contributed by atoms with Gasteiger partial charge in [0, 0.05) is 23.1 Å². The molecule has 0 unspecified atom stereocenters. The Hall–Kier alpha value is -2.25. The van der Waals surface area contributed by atoms with E-state index in [9.17, 15) is 8.42 Å². The molecule has 3 aromatic rings. The molecule has 1 heterocycles. The van der Waals surface area contributed by atoms with Crippen LogP contribution in [0.2, 0.25) is 0 Å². The fourth-order valence-corrected chi connectivity index (χ4v) is 4.23. The van der Waals surface area contributed by atoms with Gasteiger partial charge in [-0.05, 0) is 0 Å². The molecule has 0 radical (unpaired) electrons. The Balaban J connectivity index is 1.97. The highest BCUT2D eigenvalue weighted by Crippen LogP contribution is 2.29. The minimum atomic E-state index is -3.00. The molecule has 0 aliphatic heterocycles. The van der Waals surface area contributed by atoms with Crippen LogP contribution in [0.25, 0.3) is 22.5 Å². The van der Waals surface area contributed by atoms with Crippen molar-refractivity contribution >= 4 is 21.6 Å². The van der Waals surface area contributed by atoms with Gasteiger partial charge in [-0.25, -0.2) is 13.4 Å². The van der Waals surface area contributed by atoms with E-state index in [2.05, 4.69) is 15.2 Å². The van der Waals surface area contributed by atoms with Gasteiger partial charge in [0.2, 0.25) is 5.16 Å². The third-order valence-electron chi connectivity index (χ3n) is 3.45. The zero-order valence-electron chi connectivity index (χ0n) is 13.7. The van der Waals surface area contributed by atoms with Crippen LogP contribution in [0.5, 0.6) is 0 Å². The van der Waals surface area contributed by atoms with Gasteiger partial charge < -0.3 is 0 Å². The van der Waals surface area contributed by atoms with Crippen molar-refractivity contribution in [2.45, 2.75) is 5.16 Å². The molecule has 0 atom stereocenters. The lowest BCUT2D eigenvalue weighted by Gasteiger charge is -2.09. The second-order valence-electron chi connectivity index (χ2n) is 5.50. The number of aromatic nitrogens is 3. The fourth-order valence-electron chi connectivity index (χ4n) is 2.24. The number of benzene rings is 2. The van der Waals surface area contributed by atoms with Crippen LogP contribution in [0.1, 0.15) is 0 Å². The first-order valence-corrected chi connectivity index (χ1v) is 10.7. The smallest absolute Gasteiger partial charge is 0.209 e. The Morgan fingerprint density at radius 3 is 1.96 bits per heavy atom. The number of sulfone groups is 1. The second kappa shape index (κ2) is 7.76. The van der Waals surface area contributed by atoms with E-state index in [-0.39, 0.29) is 5.75 Å². The van der Waals surface area contributed by atoms with Crippen molar-refractivity contribution in [3.63, 3.8) is 0 Å². The van der Waals surface area contributed by atoms with E-state index in [1.54, 1.807) is 0 Å². The molecule has 1 aromatic heterocycles. The van der Waals surface area contributed by atoms with Crippen LogP contribution in [-0.4, -0.2) is 41.4 Å². The van der Waals surface area contributed by atoms with Crippen molar-refractivity contribution in [3.05, 3.63) is 60.7 Å². The summed E-state index contributed by atoms with van der Waals surface area (Å²) in [5, 5.41) is 9.00. The monoisotopic (exact) mass is 371 g/mol. The Kier molecular flexibility index (Phi) is 5.45. The average molecular weight is 371 g/mol. The maximum absolute atomic E-state index is 11.3. The lowest BCUT2D eigenvalue weighted by atomic mass is 10.0. The first-order chi connectivity index (χ1) is 12.0. The van der Waals surface area contributed by atoms with Gasteiger partial charge in [0.25, 0.3) is 0 Å². The molecule has 128 valence electrons. The SMILES string of the molecule is CS(=O)(=O)CCSc1nnc(-c2ccccc2)c(-c2ccccc2)n1. The van der Waals surface area contributed by atoms with Crippen LogP contribution in [-0.2, 0) is 9.84 Å². The summed E-state index contributed by atoms with van der Waals surface area (Å²) in [7, 11) is -3.00. The second-order valence-corrected chi connectivity index (χ2v) is 8.82. The Morgan fingerprint density at radius 2 is 1.40 bits per heavy atom. The van der Waals surface area contributed by atoms with Gasteiger partial charge in [-0.1, -0.05) is 72.4 Å². The molecule has 0 saturated heterocycles. The quantitative estimate of drug-likeness (QED) is 0.619. The lowest BCUT2D eigenvalue weighted by molar-refractivity contribution is 0.603. The Morgan fingerprint density at radius 1 is 0.840 bits per heavy atom. The molecule has 7 heteroatoms. The minimum Gasteiger partial charge on any atom is -0.229 e. The maximum Gasteiger partial charge on any atom is 0.209 e. The van der Waals surface area contributed by atoms with E-state index in [0.29, 0.717) is 16.6 Å². The molecule has 0 fully saturated rings. The molecule has 0 aliphatic rings. The standard InChI is InChI=1S/C18H17N3O2S2/c1-25(22,23)13-12-24-18-19-16(14-8-4-2-5-9-14)17(20-21-18)15-10-6-3-7-11-15/h2-11H,12-13H2,1H3. The summed E-state index contributed by atoms with van der Waals surface area (Å²) in [6.07, 6.45) is 1.22. The first kappa shape index (κ1) is 17.6. The largest absolute Gasteiger partial charge is 0.229 e. The molecule has 0 spiro atoms.